The Bertz CT molecular complexity index is 481. The molecule has 0 radical (unpaired) electrons. The Morgan fingerprint density at radius 2 is 2.28 bits per heavy atom. The molecule has 1 fully saturated rings. The first-order valence-corrected chi connectivity index (χ1v) is 7.55. The van der Waals surface area contributed by atoms with Crippen LogP contribution in [0.5, 0.6) is 0 Å². The van der Waals surface area contributed by atoms with Crippen LogP contribution >= 0.6 is 15.9 Å². The van der Waals surface area contributed by atoms with Gasteiger partial charge in [-0.1, -0.05) is 6.08 Å². The van der Waals surface area contributed by atoms with E-state index in [0.717, 1.165) is 16.4 Å². The number of rotatable bonds is 1. The standard InChI is InChI=1S/C15H19BrN2/c1-10-6-13(9-18-15(10)16)12-3-2-11-4-5-17-8-14(11)7-12/h3,6,9,11,14,17H,2,4-5,7-8H2,1H3/t11-,14+/m0/s1. The molecule has 1 aromatic heterocycles. The van der Waals surface area contributed by atoms with E-state index in [1.165, 1.54) is 49.1 Å². The molecular formula is C15H19BrN2. The summed E-state index contributed by atoms with van der Waals surface area (Å²) in [5.74, 6) is 1.72. The van der Waals surface area contributed by atoms with Gasteiger partial charge in [0.25, 0.3) is 0 Å². The molecule has 1 aliphatic heterocycles. The van der Waals surface area contributed by atoms with Crippen molar-refractivity contribution in [3.63, 3.8) is 0 Å². The number of nitrogens with one attached hydrogen (secondary N) is 1. The number of allylic oxidation sites excluding steroid dienone is 2. The van der Waals surface area contributed by atoms with Crippen LogP contribution in [0.4, 0.5) is 0 Å². The Hall–Kier alpha value is -0.670. The molecule has 3 rings (SSSR count). The van der Waals surface area contributed by atoms with Crippen LogP contribution < -0.4 is 5.32 Å². The SMILES string of the molecule is Cc1cc(C2=CC[C@H]3CCNC[C@H]3C2)cnc1Br. The molecule has 1 aromatic rings. The maximum absolute atomic E-state index is 4.42. The van der Waals surface area contributed by atoms with E-state index in [-0.39, 0.29) is 0 Å². The number of piperidine rings is 1. The fourth-order valence-corrected chi connectivity index (χ4v) is 3.37. The van der Waals surface area contributed by atoms with Crippen LogP contribution in [0.1, 0.15) is 30.4 Å². The van der Waals surface area contributed by atoms with Crippen molar-refractivity contribution < 1.29 is 0 Å². The van der Waals surface area contributed by atoms with Crippen molar-refractivity contribution in [3.8, 4) is 0 Å². The van der Waals surface area contributed by atoms with Gasteiger partial charge in [0.15, 0.2) is 0 Å². The highest BCUT2D eigenvalue weighted by Crippen LogP contribution is 2.37. The predicted molar refractivity (Wildman–Crippen MR) is 78.4 cm³/mol. The van der Waals surface area contributed by atoms with Crippen molar-refractivity contribution in [1.29, 1.82) is 0 Å². The Balaban J connectivity index is 1.84. The zero-order valence-electron chi connectivity index (χ0n) is 10.7. The van der Waals surface area contributed by atoms with Crippen molar-refractivity contribution in [3.05, 3.63) is 34.1 Å². The first kappa shape index (κ1) is 12.4. The average Bonchev–Trinajstić information content (AvgIpc) is 2.41. The molecule has 0 amide bonds. The number of aromatic nitrogens is 1. The normalized spacial score (nSPS) is 27.6. The van der Waals surface area contributed by atoms with E-state index in [1.807, 2.05) is 6.20 Å². The molecule has 0 saturated carbocycles. The highest BCUT2D eigenvalue weighted by molar-refractivity contribution is 9.10. The Labute approximate surface area is 117 Å². The van der Waals surface area contributed by atoms with E-state index in [4.69, 9.17) is 0 Å². The molecule has 0 spiro atoms. The molecule has 1 saturated heterocycles. The number of hydrogen-bond acceptors (Lipinski definition) is 2. The monoisotopic (exact) mass is 306 g/mol. The predicted octanol–water partition coefficient (Wildman–Crippen LogP) is 3.56. The van der Waals surface area contributed by atoms with Gasteiger partial charge in [-0.3, -0.25) is 0 Å². The number of halogens is 1. The van der Waals surface area contributed by atoms with E-state index in [2.05, 4.69) is 45.3 Å². The van der Waals surface area contributed by atoms with E-state index in [1.54, 1.807) is 0 Å². The average molecular weight is 307 g/mol. The lowest BCUT2D eigenvalue weighted by molar-refractivity contribution is 0.252. The zero-order valence-corrected chi connectivity index (χ0v) is 12.3. The van der Waals surface area contributed by atoms with Crippen LogP contribution in [0.25, 0.3) is 5.57 Å². The summed E-state index contributed by atoms with van der Waals surface area (Å²) < 4.78 is 0.958. The minimum absolute atomic E-state index is 0.822. The summed E-state index contributed by atoms with van der Waals surface area (Å²) in [5.41, 5.74) is 4.01. The zero-order chi connectivity index (χ0) is 12.5. The molecule has 3 heteroatoms. The summed E-state index contributed by atoms with van der Waals surface area (Å²) in [7, 11) is 0. The molecule has 0 bridgehead atoms. The number of aryl methyl sites for hydroxylation is 1. The lowest BCUT2D eigenvalue weighted by Gasteiger charge is -2.35. The van der Waals surface area contributed by atoms with Crippen molar-refractivity contribution in [1.82, 2.24) is 10.3 Å². The Morgan fingerprint density at radius 1 is 1.39 bits per heavy atom. The van der Waals surface area contributed by atoms with Gasteiger partial charge >= 0.3 is 0 Å². The second-order valence-electron chi connectivity index (χ2n) is 5.51. The fraction of sp³-hybridized carbons (Fsp3) is 0.533. The van der Waals surface area contributed by atoms with Crippen LogP contribution in [-0.4, -0.2) is 18.1 Å². The molecule has 2 atom stereocenters. The van der Waals surface area contributed by atoms with Gasteiger partial charge < -0.3 is 5.32 Å². The van der Waals surface area contributed by atoms with Gasteiger partial charge in [0.2, 0.25) is 0 Å². The van der Waals surface area contributed by atoms with E-state index in [0.29, 0.717) is 0 Å². The van der Waals surface area contributed by atoms with Gasteiger partial charge in [0.05, 0.1) is 0 Å². The lowest BCUT2D eigenvalue weighted by Crippen LogP contribution is -2.37. The lowest BCUT2D eigenvalue weighted by atomic mass is 9.75. The Morgan fingerprint density at radius 3 is 3.11 bits per heavy atom. The van der Waals surface area contributed by atoms with E-state index < -0.39 is 0 Å². The van der Waals surface area contributed by atoms with Gasteiger partial charge in [-0.15, -0.1) is 0 Å². The highest BCUT2D eigenvalue weighted by atomic mass is 79.9. The van der Waals surface area contributed by atoms with Gasteiger partial charge in [-0.25, -0.2) is 4.98 Å². The van der Waals surface area contributed by atoms with E-state index >= 15 is 0 Å². The van der Waals surface area contributed by atoms with Crippen LogP contribution in [0.15, 0.2) is 22.9 Å². The topological polar surface area (TPSA) is 24.9 Å². The molecule has 1 N–H and O–H groups in total. The summed E-state index contributed by atoms with van der Waals surface area (Å²) in [6.07, 6.45) is 8.24. The van der Waals surface area contributed by atoms with Crippen LogP contribution in [0, 0.1) is 18.8 Å². The second-order valence-corrected chi connectivity index (χ2v) is 6.26. The largest absolute Gasteiger partial charge is 0.316 e. The van der Waals surface area contributed by atoms with Gasteiger partial charge in [0, 0.05) is 6.20 Å². The maximum Gasteiger partial charge on any atom is 0.109 e. The van der Waals surface area contributed by atoms with E-state index in [9.17, 15) is 0 Å². The molecule has 2 aliphatic rings. The molecule has 2 heterocycles. The number of hydrogen-bond donors (Lipinski definition) is 1. The van der Waals surface area contributed by atoms with Crippen LogP contribution in [0.2, 0.25) is 0 Å². The summed E-state index contributed by atoms with van der Waals surface area (Å²) in [5, 5.41) is 3.53. The third-order valence-electron chi connectivity index (χ3n) is 4.30. The van der Waals surface area contributed by atoms with Gasteiger partial charge in [-0.05, 0) is 89.8 Å². The molecule has 1 aliphatic carbocycles. The Kier molecular flexibility index (Phi) is 3.53. The summed E-state index contributed by atoms with van der Waals surface area (Å²) in [6.45, 7) is 4.49. The van der Waals surface area contributed by atoms with Crippen molar-refractivity contribution >= 4 is 21.5 Å². The number of fused-ring (bicyclic) bond motifs is 1. The number of nitrogens with zero attached hydrogens (tertiary/aromatic N) is 1. The van der Waals surface area contributed by atoms with Crippen molar-refractivity contribution in [2.24, 2.45) is 11.8 Å². The minimum atomic E-state index is 0.822. The molecule has 2 nitrogen and oxygen atoms in total. The van der Waals surface area contributed by atoms with Gasteiger partial charge in [0.1, 0.15) is 4.60 Å². The van der Waals surface area contributed by atoms with Crippen molar-refractivity contribution in [2.75, 3.05) is 13.1 Å². The number of pyridine rings is 1. The third kappa shape index (κ3) is 2.39. The fourth-order valence-electron chi connectivity index (χ4n) is 3.16. The molecule has 18 heavy (non-hydrogen) atoms. The first-order chi connectivity index (χ1) is 8.74. The van der Waals surface area contributed by atoms with Crippen molar-refractivity contribution in [2.45, 2.75) is 26.2 Å². The molecule has 96 valence electrons. The quantitative estimate of drug-likeness (QED) is 0.803. The molecule has 0 aromatic carbocycles. The highest BCUT2D eigenvalue weighted by Gasteiger charge is 2.28. The summed E-state index contributed by atoms with van der Waals surface area (Å²) in [4.78, 5) is 4.42. The summed E-state index contributed by atoms with van der Waals surface area (Å²) in [6, 6.07) is 2.25. The van der Waals surface area contributed by atoms with Gasteiger partial charge in [-0.2, -0.15) is 0 Å². The smallest absolute Gasteiger partial charge is 0.109 e. The second kappa shape index (κ2) is 5.14. The first-order valence-electron chi connectivity index (χ1n) is 6.76. The van der Waals surface area contributed by atoms with Crippen LogP contribution in [0.3, 0.4) is 0 Å². The minimum Gasteiger partial charge on any atom is -0.316 e. The molecule has 0 unspecified atom stereocenters. The van der Waals surface area contributed by atoms with Crippen LogP contribution in [-0.2, 0) is 0 Å². The third-order valence-corrected chi connectivity index (χ3v) is 5.13. The maximum atomic E-state index is 4.42. The molecular weight excluding hydrogens is 288 g/mol. The summed E-state index contributed by atoms with van der Waals surface area (Å²) >= 11 is 3.47.